The number of halogens is 1. The molecule has 1 aliphatic rings. The molecular weight excluding hydrogens is 392 g/mol. The van der Waals surface area contributed by atoms with Gasteiger partial charge in [0.1, 0.15) is 0 Å². The van der Waals surface area contributed by atoms with Gasteiger partial charge in [-0.05, 0) is 30.2 Å². The van der Waals surface area contributed by atoms with Crippen LogP contribution in [0, 0.1) is 5.41 Å². The summed E-state index contributed by atoms with van der Waals surface area (Å²) < 4.78 is 26.6. The molecule has 0 unspecified atom stereocenters. The highest BCUT2D eigenvalue weighted by Crippen LogP contribution is 2.20. The van der Waals surface area contributed by atoms with E-state index in [2.05, 4.69) is 5.32 Å². The molecule has 0 aliphatic carbocycles. The van der Waals surface area contributed by atoms with Crippen LogP contribution >= 0.6 is 12.4 Å². The normalized spacial score (nSPS) is 15.6. The number of nitrogens with one attached hydrogen (secondary N) is 1. The first-order chi connectivity index (χ1) is 12.1. The summed E-state index contributed by atoms with van der Waals surface area (Å²) in [4.78, 5) is 25.7. The third-order valence-corrected chi connectivity index (χ3v) is 6.13. The van der Waals surface area contributed by atoms with Gasteiger partial charge in [0.15, 0.2) is 0 Å². The molecule has 10 heteroatoms. The van der Waals surface area contributed by atoms with Gasteiger partial charge in [0.25, 0.3) is 5.91 Å². The number of nitrogens with zero attached hydrogens (tertiary/aromatic N) is 2. The van der Waals surface area contributed by atoms with E-state index in [9.17, 15) is 18.0 Å². The van der Waals surface area contributed by atoms with Gasteiger partial charge in [0.05, 0.1) is 11.4 Å². The second kappa shape index (κ2) is 9.01. The monoisotopic (exact) mass is 418 g/mol. The molecule has 0 bridgehead atoms. The number of hydrogen-bond donors (Lipinski definition) is 2. The Hall–Kier alpha value is -1.68. The first-order valence-corrected chi connectivity index (χ1v) is 9.83. The van der Waals surface area contributed by atoms with Crippen LogP contribution < -0.4 is 11.1 Å². The van der Waals surface area contributed by atoms with Crippen LogP contribution in [-0.4, -0.2) is 69.2 Å². The lowest BCUT2D eigenvalue weighted by atomic mass is 9.93. The summed E-state index contributed by atoms with van der Waals surface area (Å²) in [5, 5.41) is 2.59. The first-order valence-electron chi connectivity index (χ1n) is 8.39. The predicted octanol–water partition coefficient (Wildman–Crippen LogP) is 0.286. The van der Waals surface area contributed by atoms with Gasteiger partial charge < -0.3 is 16.0 Å². The second-order valence-electron chi connectivity index (χ2n) is 7.25. The molecule has 1 aromatic carbocycles. The summed E-state index contributed by atoms with van der Waals surface area (Å²) in [7, 11) is -2.17. The summed E-state index contributed by atoms with van der Waals surface area (Å²) in [6.07, 6.45) is 0. The highest BCUT2D eigenvalue weighted by atomic mass is 35.5. The fraction of sp³-hybridized carbons (Fsp3) is 0.529. The number of benzene rings is 1. The molecule has 0 atom stereocenters. The minimum Gasteiger partial charge on any atom is -0.354 e. The molecule has 0 saturated carbocycles. The molecule has 1 aliphatic heterocycles. The highest BCUT2D eigenvalue weighted by Gasteiger charge is 2.30. The van der Waals surface area contributed by atoms with Crippen LogP contribution in [0.5, 0.6) is 0 Å². The smallest absolute Gasteiger partial charge is 0.253 e. The highest BCUT2D eigenvalue weighted by molar-refractivity contribution is 7.89. The quantitative estimate of drug-likeness (QED) is 0.689. The molecule has 8 nitrogen and oxygen atoms in total. The largest absolute Gasteiger partial charge is 0.354 e. The molecule has 3 N–H and O–H groups in total. The van der Waals surface area contributed by atoms with Gasteiger partial charge >= 0.3 is 0 Å². The maximum absolute atomic E-state index is 12.8. The number of carbonyl (C=O) groups is 2. The number of carbonyl (C=O) groups excluding carboxylic acids is 2. The predicted molar refractivity (Wildman–Crippen MR) is 105 cm³/mol. The zero-order valence-corrected chi connectivity index (χ0v) is 17.4. The van der Waals surface area contributed by atoms with Gasteiger partial charge in [0, 0.05) is 32.2 Å². The van der Waals surface area contributed by atoms with Gasteiger partial charge in [-0.3, -0.25) is 9.59 Å². The van der Waals surface area contributed by atoms with Gasteiger partial charge in [-0.2, -0.15) is 4.31 Å². The van der Waals surface area contributed by atoms with Gasteiger partial charge in [-0.25, -0.2) is 8.42 Å². The van der Waals surface area contributed by atoms with Crippen LogP contribution in [0.15, 0.2) is 29.2 Å². The Morgan fingerprint density at radius 1 is 1.37 bits per heavy atom. The van der Waals surface area contributed by atoms with Crippen LogP contribution in [0.3, 0.4) is 0 Å². The Morgan fingerprint density at radius 3 is 2.63 bits per heavy atom. The molecule has 1 aromatic rings. The molecule has 0 radical (unpaired) electrons. The minimum atomic E-state index is -3.83. The molecular formula is C17H27ClN4O4S. The molecule has 27 heavy (non-hydrogen) atoms. The topological polar surface area (TPSA) is 113 Å². The number of nitrogens with two attached hydrogens (primary N) is 1. The molecule has 2 amide bonds. The van der Waals surface area contributed by atoms with Crippen molar-refractivity contribution in [3.05, 3.63) is 29.8 Å². The molecule has 0 aromatic heterocycles. The number of rotatable bonds is 6. The zero-order valence-electron chi connectivity index (χ0n) is 15.8. The van der Waals surface area contributed by atoms with Gasteiger partial charge in [0.2, 0.25) is 15.9 Å². The maximum atomic E-state index is 12.8. The third kappa shape index (κ3) is 5.65. The van der Waals surface area contributed by atoms with Crippen LogP contribution in [0.1, 0.15) is 24.2 Å². The van der Waals surface area contributed by atoms with Crippen molar-refractivity contribution in [2.45, 2.75) is 18.7 Å². The van der Waals surface area contributed by atoms with Crippen molar-refractivity contribution < 1.29 is 18.0 Å². The van der Waals surface area contributed by atoms with Gasteiger partial charge in [-0.1, -0.05) is 19.9 Å². The van der Waals surface area contributed by atoms with Crippen molar-refractivity contribution in [3.8, 4) is 0 Å². The second-order valence-corrected chi connectivity index (χ2v) is 9.18. The maximum Gasteiger partial charge on any atom is 0.253 e. The van der Waals surface area contributed by atoms with Crippen LogP contribution in [-0.2, 0) is 14.8 Å². The first kappa shape index (κ1) is 23.4. The minimum absolute atomic E-state index is 0. The summed E-state index contributed by atoms with van der Waals surface area (Å²) in [6.45, 7) is 5.05. The number of amides is 2. The summed E-state index contributed by atoms with van der Waals surface area (Å²) in [6, 6.07) is 5.90. The fourth-order valence-electron chi connectivity index (χ4n) is 2.76. The van der Waals surface area contributed by atoms with E-state index in [0.717, 1.165) is 4.31 Å². The molecule has 1 heterocycles. The average molecular weight is 419 g/mol. The van der Waals surface area contributed by atoms with E-state index in [1.165, 1.54) is 23.1 Å². The van der Waals surface area contributed by atoms with Crippen LogP contribution in [0.25, 0.3) is 0 Å². The van der Waals surface area contributed by atoms with E-state index in [1.54, 1.807) is 13.1 Å². The standard InChI is InChI=1S/C17H26N4O4S.ClH/c1-17(2,11-18)12-20(3)16(23)13-5-4-6-14(9-13)26(24,25)21-8-7-19-15(22)10-21;/h4-6,9H,7-8,10-12,18H2,1-3H3,(H,19,22);1H. The SMILES string of the molecule is CN(CC(C)(C)CN)C(=O)c1cccc(S(=O)(=O)N2CCNC(=O)C2)c1.Cl. The van der Waals surface area contributed by atoms with Crippen LogP contribution in [0.2, 0.25) is 0 Å². The van der Waals surface area contributed by atoms with E-state index in [4.69, 9.17) is 5.73 Å². The van der Waals surface area contributed by atoms with E-state index < -0.39 is 10.0 Å². The molecule has 1 saturated heterocycles. The Bertz CT molecular complexity index is 798. The van der Waals surface area contributed by atoms with E-state index >= 15 is 0 Å². The molecule has 1 fully saturated rings. The number of sulfonamides is 1. The number of piperazine rings is 1. The lowest BCUT2D eigenvalue weighted by Crippen LogP contribution is -2.49. The Balaban J connectivity index is 0.00000364. The average Bonchev–Trinajstić information content (AvgIpc) is 2.60. The van der Waals surface area contributed by atoms with Crippen molar-refractivity contribution in [2.24, 2.45) is 11.1 Å². The number of hydrogen-bond acceptors (Lipinski definition) is 5. The van der Waals surface area contributed by atoms with Crippen LogP contribution in [0.4, 0.5) is 0 Å². The molecule has 0 spiro atoms. The van der Waals surface area contributed by atoms with Crippen molar-refractivity contribution in [1.29, 1.82) is 0 Å². The van der Waals surface area contributed by atoms with E-state index in [-0.39, 0.29) is 59.7 Å². The van der Waals surface area contributed by atoms with E-state index in [0.29, 0.717) is 13.1 Å². The molecule has 2 rings (SSSR count). The van der Waals surface area contributed by atoms with E-state index in [1.807, 2.05) is 13.8 Å². The fourth-order valence-corrected chi connectivity index (χ4v) is 4.20. The van der Waals surface area contributed by atoms with Crippen molar-refractivity contribution in [3.63, 3.8) is 0 Å². The lowest BCUT2D eigenvalue weighted by Gasteiger charge is -2.29. The summed E-state index contributed by atoms with van der Waals surface area (Å²) in [5.41, 5.74) is 5.75. The summed E-state index contributed by atoms with van der Waals surface area (Å²) in [5.74, 6) is -0.615. The van der Waals surface area contributed by atoms with Crippen molar-refractivity contribution in [1.82, 2.24) is 14.5 Å². The summed E-state index contributed by atoms with van der Waals surface area (Å²) >= 11 is 0. The van der Waals surface area contributed by atoms with Gasteiger partial charge in [-0.15, -0.1) is 12.4 Å². The molecule has 152 valence electrons. The Kier molecular flexibility index (Phi) is 7.79. The third-order valence-electron chi connectivity index (χ3n) is 4.29. The van der Waals surface area contributed by atoms with Crippen molar-refractivity contribution >= 4 is 34.2 Å². The zero-order chi connectivity index (χ0) is 19.5. The Morgan fingerprint density at radius 2 is 2.04 bits per heavy atom. The van der Waals surface area contributed by atoms with Crippen molar-refractivity contribution in [2.75, 3.05) is 39.8 Å². The Labute approximate surface area is 166 Å². The lowest BCUT2D eigenvalue weighted by molar-refractivity contribution is -0.122.